The molecule has 3 aromatic rings. The molecular weight excluding hydrogens is 373 g/mol. The number of carboxylic acid groups (broad SMARTS) is 1. The van der Waals surface area contributed by atoms with Crippen LogP contribution in [0, 0.1) is 0 Å². The lowest BCUT2D eigenvalue weighted by Gasteiger charge is -2.08. The molecule has 2 aromatic carbocycles. The van der Waals surface area contributed by atoms with Crippen LogP contribution in [0.4, 0.5) is 18.9 Å². The van der Waals surface area contributed by atoms with Gasteiger partial charge in [0.25, 0.3) is 0 Å². The number of fused-ring (bicyclic) bond motifs is 5. The highest BCUT2D eigenvalue weighted by Crippen LogP contribution is 2.40. The van der Waals surface area contributed by atoms with Gasteiger partial charge in [-0.2, -0.15) is 13.2 Å². The molecule has 0 aliphatic carbocycles. The number of nitrogens with one attached hydrogen (secondary N) is 2. The van der Waals surface area contributed by atoms with E-state index in [9.17, 15) is 22.8 Å². The zero-order chi connectivity index (χ0) is 20.1. The number of H-pyrrole nitrogens is 1. The molecule has 0 radical (unpaired) electrons. The fourth-order valence-electron chi connectivity index (χ4n) is 3.34. The first kappa shape index (κ1) is 17.8. The van der Waals surface area contributed by atoms with Crippen LogP contribution < -0.4 is 5.32 Å². The Bertz CT molecular complexity index is 1160. The van der Waals surface area contributed by atoms with Crippen molar-refractivity contribution in [1.29, 1.82) is 0 Å². The second kappa shape index (κ2) is 6.26. The molecule has 0 spiro atoms. The highest BCUT2D eigenvalue weighted by atomic mass is 19.4. The number of hydrogen-bond donors (Lipinski definition) is 3. The maximum Gasteiger partial charge on any atom is 0.416 e. The van der Waals surface area contributed by atoms with Crippen molar-refractivity contribution in [3.8, 4) is 11.3 Å². The topological polar surface area (TPSA) is 82.2 Å². The van der Waals surface area contributed by atoms with Gasteiger partial charge in [0.2, 0.25) is 5.91 Å². The van der Waals surface area contributed by atoms with Gasteiger partial charge in [-0.25, -0.2) is 4.79 Å². The van der Waals surface area contributed by atoms with Crippen molar-refractivity contribution in [2.24, 2.45) is 0 Å². The third kappa shape index (κ3) is 3.13. The van der Waals surface area contributed by atoms with Crippen molar-refractivity contribution >= 4 is 34.5 Å². The molecule has 28 heavy (non-hydrogen) atoms. The molecule has 0 unspecified atom stereocenters. The number of carbonyl (C=O) groups is 2. The minimum atomic E-state index is -4.49. The smallest absolute Gasteiger partial charge is 0.416 e. The molecule has 1 aliphatic rings. The molecule has 3 N–H and O–H groups in total. The number of aliphatic carboxylic acids is 1. The molecule has 0 bridgehead atoms. The van der Waals surface area contributed by atoms with E-state index in [1.165, 1.54) is 12.1 Å². The molecule has 0 saturated carbocycles. The van der Waals surface area contributed by atoms with Crippen LogP contribution in [0.15, 0.2) is 42.5 Å². The van der Waals surface area contributed by atoms with Crippen LogP contribution >= 0.6 is 0 Å². The van der Waals surface area contributed by atoms with Gasteiger partial charge in [0.1, 0.15) is 0 Å². The predicted molar refractivity (Wildman–Crippen MR) is 97.7 cm³/mol. The van der Waals surface area contributed by atoms with Gasteiger partial charge in [0, 0.05) is 22.5 Å². The number of anilines is 1. The van der Waals surface area contributed by atoms with Gasteiger partial charge in [-0.3, -0.25) is 4.79 Å². The van der Waals surface area contributed by atoms with Crippen LogP contribution in [0.5, 0.6) is 0 Å². The average molecular weight is 386 g/mol. The number of carbonyl (C=O) groups excluding carboxylic acids is 1. The lowest BCUT2D eigenvalue weighted by molar-refractivity contribution is -0.137. The summed E-state index contributed by atoms with van der Waals surface area (Å²) in [5.41, 5.74) is 2.37. The van der Waals surface area contributed by atoms with E-state index in [1.54, 1.807) is 18.2 Å². The summed E-state index contributed by atoms with van der Waals surface area (Å²) < 4.78 is 39.3. The summed E-state index contributed by atoms with van der Waals surface area (Å²) in [4.78, 5) is 26.1. The number of alkyl halides is 3. The summed E-state index contributed by atoms with van der Waals surface area (Å²) in [6.07, 6.45) is -2.18. The minimum absolute atomic E-state index is 0.0778. The summed E-state index contributed by atoms with van der Waals surface area (Å²) in [6, 6.07) is 8.34. The Balaban J connectivity index is 1.94. The number of halogens is 3. The Kier molecular flexibility index (Phi) is 3.99. The summed E-state index contributed by atoms with van der Waals surface area (Å²) >= 11 is 0. The Morgan fingerprint density at radius 3 is 2.64 bits per heavy atom. The van der Waals surface area contributed by atoms with E-state index in [-0.39, 0.29) is 12.3 Å². The van der Waals surface area contributed by atoms with Crippen molar-refractivity contribution < 1.29 is 27.9 Å². The zero-order valence-corrected chi connectivity index (χ0v) is 14.2. The molecule has 0 fully saturated rings. The molecule has 5 nitrogen and oxygen atoms in total. The van der Waals surface area contributed by atoms with Gasteiger partial charge in [0.15, 0.2) is 0 Å². The number of aromatic amines is 1. The zero-order valence-electron chi connectivity index (χ0n) is 14.2. The quantitative estimate of drug-likeness (QED) is 0.569. The van der Waals surface area contributed by atoms with Gasteiger partial charge in [0.05, 0.1) is 23.4 Å². The van der Waals surface area contributed by atoms with Crippen LogP contribution in [0.2, 0.25) is 0 Å². The number of benzene rings is 2. The first-order valence-corrected chi connectivity index (χ1v) is 8.29. The molecule has 142 valence electrons. The monoisotopic (exact) mass is 386 g/mol. The first-order chi connectivity index (χ1) is 13.2. The van der Waals surface area contributed by atoms with E-state index in [1.807, 2.05) is 0 Å². The van der Waals surface area contributed by atoms with Crippen LogP contribution in [0.3, 0.4) is 0 Å². The number of amides is 1. The average Bonchev–Trinajstić information content (AvgIpc) is 2.90. The number of rotatable bonds is 2. The lowest BCUT2D eigenvalue weighted by Crippen LogP contribution is -2.12. The highest BCUT2D eigenvalue weighted by Gasteiger charge is 2.32. The maximum absolute atomic E-state index is 13.1. The van der Waals surface area contributed by atoms with Gasteiger partial charge < -0.3 is 15.4 Å². The van der Waals surface area contributed by atoms with Crippen molar-refractivity contribution in [2.45, 2.75) is 12.6 Å². The molecular formula is C20H13F3N2O3. The van der Waals surface area contributed by atoms with E-state index >= 15 is 0 Å². The maximum atomic E-state index is 13.1. The van der Waals surface area contributed by atoms with Crippen LogP contribution in [-0.4, -0.2) is 22.0 Å². The summed E-state index contributed by atoms with van der Waals surface area (Å²) in [5.74, 6) is -1.44. The molecule has 1 aromatic heterocycles. The number of carboxylic acids is 1. The molecule has 4 rings (SSSR count). The SMILES string of the molecule is O=C(O)/C=C/c1ccc2c(c1)-c1[nH]c3ccc(C(F)(F)F)cc3c1CC(=O)N2. The lowest BCUT2D eigenvalue weighted by atomic mass is 10.00. The normalized spacial score (nSPS) is 13.9. The van der Waals surface area contributed by atoms with Crippen LogP contribution in [0.1, 0.15) is 16.7 Å². The largest absolute Gasteiger partial charge is 0.478 e. The third-order valence-corrected chi connectivity index (χ3v) is 4.58. The second-order valence-electron chi connectivity index (χ2n) is 6.44. The summed E-state index contributed by atoms with van der Waals surface area (Å²) in [5, 5.41) is 11.9. The Morgan fingerprint density at radius 1 is 1.14 bits per heavy atom. The van der Waals surface area contributed by atoms with Gasteiger partial charge in [-0.15, -0.1) is 0 Å². The minimum Gasteiger partial charge on any atom is -0.478 e. The molecule has 0 atom stereocenters. The summed E-state index contributed by atoms with van der Waals surface area (Å²) in [7, 11) is 0. The standard InChI is InChI=1S/C20H13F3N2O3/c21-20(22,23)11-3-5-15-12(8-11)13-9-17(26)24-16-4-1-10(2-6-18(27)28)7-14(16)19(13)25-15/h1-8,25H,9H2,(H,24,26)(H,27,28)/b6-2+. The summed E-state index contributed by atoms with van der Waals surface area (Å²) in [6.45, 7) is 0. The van der Waals surface area contributed by atoms with E-state index in [0.717, 1.165) is 18.2 Å². The first-order valence-electron chi connectivity index (χ1n) is 8.29. The van der Waals surface area contributed by atoms with Crippen molar-refractivity contribution in [3.63, 3.8) is 0 Å². The predicted octanol–water partition coefficient (Wildman–Crippen LogP) is 4.45. The molecule has 8 heteroatoms. The molecule has 1 aliphatic heterocycles. The molecule has 2 heterocycles. The van der Waals surface area contributed by atoms with Crippen molar-refractivity contribution in [3.05, 3.63) is 59.2 Å². The van der Waals surface area contributed by atoms with Crippen LogP contribution in [0.25, 0.3) is 28.2 Å². The van der Waals surface area contributed by atoms with Crippen molar-refractivity contribution in [1.82, 2.24) is 4.98 Å². The Morgan fingerprint density at radius 2 is 1.93 bits per heavy atom. The fourth-order valence-corrected chi connectivity index (χ4v) is 3.34. The molecule has 0 saturated heterocycles. The van der Waals surface area contributed by atoms with Gasteiger partial charge in [-0.05, 0) is 47.5 Å². The van der Waals surface area contributed by atoms with Gasteiger partial charge >= 0.3 is 12.1 Å². The van der Waals surface area contributed by atoms with E-state index in [4.69, 9.17) is 5.11 Å². The Hall–Kier alpha value is -3.55. The Labute approximate surface area is 156 Å². The second-order valence-corrected chi connectivity index (χ2v) is 6.44. The molecule has 1 amide bonds. The highest BCUT2D eigenvalue weighted by molar-refractivity contribution is 6.05. The third-order valence-electron chi connectivity index (χ3n) is 4.58. The van der Waals surface area contributed by atoms with Crippen LogP contribution in [-0.2, 0) is 22.2 Å². The van der Waals surface area contributed by atoms with E-state index < -0.39 is 17.7 Å². The van der Waals surface area contributed by atoms with Gasteiger partial charge in [-0.1, -0.05) is 6.07 Å². The fraction of sp³-hybridized carbons (Fsp3) is 0.100. The van der Waals surface area contributed by atoms with Crippen molar-refractivity contribution in [2.75, 3.05) is 5.32 Å². The van der Waals surface area contributed by atoms with E-state index in [0.29, 0.717) is 39.0 Å². The van der Waals surface area contributed by atoms with E-state index in [2.05, 4.69) is 10.3 Å². The number of aromatic nitrogens is 1. The number of hydrogen-bond acceptors (Lipinski definition) is 2.